The van der Waals surface area contributed by atoms with E-state index in [1.54, 1.807) is 12.1 Å². The number of nitrogens with one attached hydrogen (secondary N) is 2. The fourth-order valence-electron chi connectivity index (χ4n) is 2.33. The summed E-state index contributed by atoms with van der Waals surface area (Å²) < 4.78 is 0. The van der Waals surface area contributed by atoms with Crippen LogP contribution >= 0.6 is 0 Å². The molecule has 0 saturated heterocycles. The zero-order valence-electron chi connectivity index (χ0n) is 13.6. The second kappa shape index (κ2) is 6.91. The van der Waals surface area contributed by atoms with E-state index >= 15 is 0 Å². The highest BCUT2D eigenvalue weighted by Crippen LogP contribution is 2.20. The quantitative estimate of drug-likeness (QED) is 0.760. The molecule has 5 heteroatoms. The van der Waals surface area contributed by atoms with Crippen molar-refractivity contribution in [2.75, 3.05) is 10.6 Å². The van der Waals surface area contributed by atoms with Crippen LogP contribution in [-0.4, -0.2) is 16.1 Å². The molecular formula is C19H18N4O. The maximum atomic E-state index is 12.1. The van der Waals surface area contributed by atoms with E-state index < -0.39 is 0 Å². The first-order valence-corrected chi connectivity index (χ1v) is 7.66. The summed E-state index contributed by atoms with van der Waals surface area (Å²) in [5.74, 6) is 0.310. The van der Waals surface area contributed by atoms with Crippen LogP contribution in [0.5, 0.6) is 0 Å². The molecule has 0 saturated carbocycles. The van der Waals surface area contributed by atoms with Crippen molar-refractivity contribution in [3.05, 3.63) is 77.5 Å². The molecule has 2 aromatic carbocycles. The minimum absolute atomic E-state index is 0.269. The van der Waals surface area contributed by atoms with Gasteiger partial charge in [-0.05, 0) is 49.7 Å². The SMILES string of the molecule is Cc1ccc(Nc2ccc(C(=O)Nc3ccccc3)nn2)c(C)c1. The number of para-hydroxylation sites is 1. The third-order valence-electron chi connectivity index (χ3n) is 3.57. The summed E-state index contributed by atoms with van der Waals surface area (Å²) in [6, 6.07) is 18.8. The minimum Gasteiger partial charge on any atom is -0.339 e. The monoisotopic (exact) mass is 318 g/mol. The molecule has 0 aliphatic carbocycles. The summed E-state index contributed by atoms with van der Waals surface area (Å²) in [5.41, 5.74) is 4.29. The van der Waals surface area contributed by atoms with Crippen LogP contribution in [0, 0.1) is 13.8 Å². The van der Waals surface area contributed by atoms with Gasteiger partial charge in [0, 0.05) is 11.4 Å². The number of nitrogens with zero attached hydrogens (tertiary/aromatic N) is 2. The van der Waals surface area contributed by atoms with Gasteiger partial charge < -0.3 is 10.6 Å². The number of carbonyl (C=O) groups excluding carboxylic acids is 1. The Hall–Kier alpha value is -3.21. The Labute approximate surface area is 140 Å². The van der Waals surface area contributed by atoms with Crippen LogP contribution in [0.15, 0.2) is 60.7 Å². The van der Waals surface area contributed by atoms with Crippen molar-refractivity contribution < 1.29 is 4.79 Å². The maximum absolute atomic E-state index is 12.1. The Bertz CT molecular complexity index is 845. The number of aromatic nitrogens is 2. The van der Waals surface area contributed by atoms with Crippen LogP contribution in [0.2, 0.25) is 0 Å². The van der Waals surface area contributed by atoms with Crippen LogP contribution in [0.1, 0.15) is 21.6 Å². The second-order valence-electron chi connectivity index (χ2n) is 5.57. The molecular weight excluding hydrogens is 300 g/mol. The van der Waals surface area contributed by atoms with Gasteiger partial charge in [-0.25, -0.2) is 0 Å². The number of aryl methyl sites for hydroxylation is 2. The zero-order valence-corrected chi connectivity index (χ0v) is 13.6. The minimum atomic E-state index is -0.285. The number of carbonyl (C=O) groups is 1. The average molecular weight is 318 g/mol. The molecule has 0 fully saturated rings. The molecule has 3 rings (SSSR count). The normalized spacial score (nSPS) is 10.2. The lowest BCUT2D eigenvalue weighted by Gasteiger charge is -2.09. The van der Waals surface area contributed by atoms with Gasteiger partial charge in [0.25, 0.3) is 5.91 Å². The third-order valence-corrected chi connectivity index (χ3v) is 3.57. The first-order chi connectivity index (χ1) is 11.6. The number of amides is 1. The molecule has 120 valence electrons. The highest BCUT2D eigenvalue weighted by Gasteiger charge is 2.09. The summed E-state index contributed by atoms with van der Waals surface area (Å²) in [6.07, 6.45) is 0. The predicted molar refractivity (Wildman–Crippen MR) is 95.6 cm³/mol. The molecule has 1 heterocycles. The molecule has 3 aromatic rings. The van der Waals surface area contributed by atoms with Crippen molar-refractivity contribution >= 4 is 23.1 Å². The van der Waals surface area contributed by atoms with Crippen molar-refractivity contribution in [3.63, 3.8) is 0 Å². The van der Waals surface area contributed by atoms with Crippen LogP contribution < -0.4 is 10.6 Å². The Morgan fingerprint density at radius 1 is 0.917 bits per heavy atom. The number of anilines is 3. The molecule has 1 amide bonds. The van der Waals surface area contributed by atoms with E-state index in [-0.39, 0.29) is 11.6 Å². The van der Waals surface area contributed by atoms with E-state index in [1.807, 2.05) is 49.4 Å². The van der Waals surface area contributed by atoms with Gasteiger partial charge in [0.05, 0.1) is 0 Å². The smallest absolute Gasteiger partial charge is 0.276 e. The summed E-state index contributed by atoms with van der Waals surface area (Å²) >= 11 is 0. The molecule has 2 N–H and O–H groups in total. The first kappa shape index (κ1) is 15.7. The Balaban J connectivity index is 1.70. The fourth-order valence-corrected chi connectivity index (χ4v) is 2.33. The molecule has 0 atom stereocenters. The van der Waals surface area contributed by atoms with E-state index in [0.29, 0.717) is 5.82 Å². The molecule has 0 radical (unpaired) electrons. The molecule has 0 bridgehead atoms. The van der Waals surface area contributed by atoms with Crippen LogP contribution in [-0.2, 0) is 0 Å². The van der Waals surface area contributed by atoms with Gasteiger partial charge in [-0.2, -0.15) is 0 Å². The van der Waals surface area contributed by atoms with Gasteiger partial charge in [-0.15, -0.1) is 10.2 Å². The summed E-state index contributed by atoms with van der Waals surface area (Å²) in [7, 11) is 0. The van der Waals surface area contributed by atoms with E-state index in [1.165, 1.54) is 5.56 Å². The number of hydrogen-bond acceptors (Lipinski definition) is 4. The van der Waals surface area contributed by atoms with E-state index in [9.17, 15) is 4.79 Å². The summed E-state index contributed by atoms with van der Waals surface area (Å²) in [5, 5.41) is 14.1. The van der Waals surface area contributed by atoms with Crippen LogP contribution in [0.3, 0.4) is 0 Å². The summed E-state index contributed by atoms with van der Waals surface area (Å²) in [4.78, 5) is 12.1. The Morgan fingerprint density at radius 2 is 1.71 bits per heavy atom. The lowest BCUT2D eigenvalue weighted by atomic mass is 10.1. The Morgan fingerprint density at radius 3 is 2.38 bits per heavy atom. The van der Waals surface area contributed by atoms with E-state index in [0.717, 1.165) is 16.9 Å². The van der Waals surface area contributed by atoms with Crippen molar-refractivity contribution in [1.82, 2.24) is 10.2 Å². The number of hydrogen-bond donors (Lipinski definition) is 2. The highest BCUT2D eigenvalue weighted by molar-refractivity contribution is 6.02. The molecule has 0 spiro atoms. The van der Waals surface area contributed by atoms with Crippen molar-refractivity contribution in [1.29, 1.82) is 0 Å². The van der Waals surface area contributed by atoms with E-state index in [2.05, 4.69) is 33.8 Å². The molecule has 0 aliphatic heterocycles. The van der Waals surface area contributed by atoms with Gasteiger partial charge in [0.1, 0.15) is 0 Å². The van der Waals surface area contributed by atoms with Gasteiger partial charge in [0.15, 0.2) is 11.5 Å². The predicted octanol–water partition coefficient (Wildman–Crippen LogP) is 4.09. The number of rotatable bonds is 4. The van der Waals surface area contributed by atoms with Crippen LogP contribution in [0.25, 0.3) is 0 Å². The second-order valence-corrected chi connectivity index (χ2v) is 5.57. The standard InChI is InChI=1S/C19H18N4O/c1-13-8-9-16(14(2)12-13)21-18-11-10-17(22-23-18)19(24)20-15-6-4-3-5-7-15/h3-12H,1-2H3,(H,20,24)(H,21,23). The average Bonchev–Trinajstić information content (AvgIpc) is 2.59. The van der Waals surface area contributed by atoms with Gasteiger partial charge >= 0.3 is 0 Å². The first-order valence-electron chi connectivity index (χ1n) is 7.66. The van der Waals surface area contributed by atoms with Crippen LogP contribution in [0.4, 0.5) is 17.2 Å². The molecule has 1 aromatic heterocycles. The fraction of sp³-hybridized carbons (Fsp3) is 0.105. The van der Waals surface area contributed by atoms with Crippen molar-refractivity contribution in [2.24, 2.45) is 0 Å². The van der Waals surface area contributed by atoms with E-state index in [4.69, 9.17) is 0 Å². The molecule has 24 heavy (non-hydrogen) atoms. The zero-order chi connectivity index (χ0) is 16.9. The summed E-state index contributed by atoms with van der Waals surface area (Å²) in [6.45, 7) is 4.08. The van der Waals surface area contributed by atoms with Gasteiger partial charge in [0.2, 0.25) is 0 Å². The Kier molecular flexibility index (Phi) is 4.52. The van der Waals surface area contributed by atoms with Gasteiger partial charge in [-0.1, -0.05) is 35.9 Å². The van der Waals surface area contributed by atoms with Crippen molar-refractivity contribution in [2.45, 2.75) is 13.8 Å². The largest absolute Gasteiger partial charge is 0.339 e. The molecule has 0 unspecified atom stereocenters. The van der Waals surface area contributed by atoms with Crippen molar-refractivity contribution in [3.8, 4) is 0 Å². The molecule has 0 aliphatic rings. The molecule has 5 nitrogen and oxygen atoms in total. The van der Waals surface area contributed by atoms with Gasteiger partial charge in [-0.3, -0.25) is 4.79 Å². The third kappa shape index (κ3) is 3.76. The maximum Gasteiger partial charge on any atom is 0.276 e. The lowest BCUT2D eigenvalue weighted by molar-refractivity contribution is 0.102. The topological polar surface area (TPSA) is 66.9 Å². The lowest BCUT2D eigenvalue weighted by Crippen LogP contribution is -2.14. The highest BCUT2D eigenvalue weighted by atomic mass is 16.1. The number of benzene rings is 2.